The van der Waals surface area contributed by atoms with E-state index in [1.165, 1.54) is 28.7 Å². The summed E-state index contributed by atoms with van der Waals surface area (Å²) in [5, 5.41) is 4.72. The zero-order valence-electron chi connectivity index (χ0n) is 15.0. The molecule has 1 amide bonds. The molecule has 0 fully saturated rings. The molecule has 1 aromatic carbocycles. The molecule has 0 radical (unpaired) electrons. The number of amides is 1. The number of fused-ring (bicyclic) bond motifs is 1. The highest BCUT2D eigenvalue weighted by Crippen LogP contribution is 2.33. The Kier molecular flexibility index (Phi) is 4.64. The Morgan fingerprint density at radius 2 is 2.04 bits per heavy atom. The molecule has 3 heterocycles. The van der Waals surface area contributed by atoms with Crippen LogP contribution in [0, 0.1) is 13.8 Å². The predicted molar refractivity (Wildman–Crippen MR) is 105 cm³/mol. The van der Waals surface area contributed by atoms with Gasteiger partial charge in [-0.2, -0.15) is 5.10 Å². The highest BCUT2D eigenvalue weighted by atomic mass is 32.1. The van der Waals surface area contributed by atoms with E-state index in [0.29, 0.717) is 11.7 Å². The molecule has 0 saturated heterocycles. The van der Waals surface area contributed by atoms with Crippen LogP contribution in [0.5, 0.6) is 0 Å². The lowest BCUT2D eigenvalue weighted by Crippen LogP contribution is -2.33. The fourth-order valence-corrected chi connectivity index (χ4v) is 3.97. The van der Waals surface area contributed by atoms with Crippen molar-refractivity contribution in [3.63, 3.8) is 0 Å². The zero-order valence-corrected chi connectivity index (χ0v) is 15.8. The monoisotopic (exact) mass is 378 g/mol. The third kappa shape index (κ3) is 3.56. The summed E-state index contributed by atoms with van der Waals surface area (Å²) in [7, 11) is 0. The van der Waals surface area contributed by atoms with Gasteiger partial charge < -0.3 is 0 Å². The number of aryl methyl sites for hydroxylation is 2. The number of benzene rings is 1. The standard InChI is InChI=1S/C19H18N6OS/c1-13-5-6-14(2)18-17(13)23-19(27-18)25(9-15-4-3-7-20-8-15)16(26)10-24-12-21-11-22-24/h3-8,11-12H,9-10H2,1-2H3. The Labute approximate surface area is 160 Å². The van der Waals surface area contributed by atoms with Gasteiger partial charge in [0.1, 0.15) is 19.2 Å². The fraction of sp³-hybridized carbons (Fsp3) is 0.211. The van der Waals surface area contributed by atoms with E-state index in [0.717, 1.165) is 26.9 Å². The van der Waals surface area contributed by atoms with E-state index < -0.39 is 0 Å². The van der Waals surface area contributed by atoms with E-state index in [9.17, 15) is 4.79 Å². The molecule has 0 saturated carbocycles. The van der Waals surface area contributed by atoms with Crippen molar-refractivity contribution in [2.45, 2.75) is 26.9 Å². The average Bonchev–Trinajstić information content (AvgIpc) is 3.34. The molecule has 27 heavy (non-hydrogen) atoms. The van der Waals surface area contributed by atoms with Crippen LogP contribution in [0.1, 0.15) is 16.7 Å². The third-order valence-corrected chi connectivity index (χ3v) is 5.50. The van der Waals surface area contributed by atoms with E-state index in [2.05, 4.69) is 34.1 Å². The molecule has 4 aromatic rings. The van der Waals surface area contributed by atoms with Crippen molar-refractivity contribution < 1.29 is 4.79 Å². The fourth-order valence-electron chi connectivity index (χ4n) is 2.84. The van der Waals surface area contributed by atoms with Crippen LogP contribution in [-0.2, 0) is 17.9 Å². The van der Waals surface area contributed by atoms with Crippen LogP contribution >= 0.6 is 11.3 Å². The lowest BCUT2D eigenvalue weighted by molar-refractivity contribution is -0.119. The number of pyridine rings is 1. The summed E-state index contributed by atoms with van der Waals surface area (Å²) in [6, 6.07) is 7.96. The molecule has 0 unspecified atom stereocenters. The number of hydrogen-bond donors (Lipinski definition) is 0. The van der Waals surface area contributed by atoms with Crippen LogP contribution in [0.15, 0.2) is 49.3 Å². The topological polar surface area (TPSA) is 76.8 Å². The largest absolute Gasteiger partial charge is 0.282 e. The smallest absolute Gasteiger partial charge is 0.250 e. The number of thiazole rings is 1. The van der Waals surface area contributed by atoms with Gasteiger partial charge in [-0.15, -0.1) is 0 Å². The lowest BCUT2D eigenvalue weighted by Gasteiger charge is -2.19. The van der Waals surface area contributed by atoms with E-state index in [1.807, 2.05) is 19.1 Å². The van der Waals surface area contributed by atoms with E-state index in [1.54, 1.807) is 17.3 Å². The molecule has 0 spiro atoms. The molecule has 4 rings (SSSR count). The number of carbonyl (C=O) groups is 1. The summed E-state index contributed by atoms with van der Waals surface area (Å²) in [5.41, 5.74) is 4.14. The maximum absolute atomic E-state index is 13.0. The van der Waals surface area contributed by atoms with Crippen molar-refractivity contribution in [1.29, 1.82) is 0 Å². The summed E-state index contributed by atoms with van der Waals surface area (Å²) in [5.74, 6) is -0.0984. The minimum atomic E-state index is -0.0984. The third-order valence-electron chi connectivity index (χ3n) is 4.29. The Morgan fingerprint density at radius 1 is 1.19 bits per heavy atom. The SMILES string of the molecule is Cc1ccc(C)c2sc(N(Cc3cccnc3)C(=O)Cn3cncn3)nc12. The normalized spacial score (nSPS) is 11.0. The molecule has 0 atom stereocenters. The number of aromatic nitrogens is 5. The number of nitrogens with zero attached hydrogens (tertiary/aromatic N) is 6. The quantitative estimate of drug-likeness (QED) is 0.533. The minimum absolute atomic E-state index is 0.0984. The molecule has 8 heteroatoms. The summed E-state index contributed by atoms with van der Waals surface area (Å²) in [6.07, 6.45) is 6.44. The van der Waals surface area contributed by atoms with Gasteiger partial charge in [0.05, 0.1) is 16.8 Å². The van der Waals surface area contributed by atoms with Gasteiger partial charge >= 0.3 is 0 Å². The van der Waals surface area contributed by atoms with Gasteiger partial charge in [0.15, 0.2) is 5.13 Å². The van der Waals surface area contributed by atoms with Gasteiger partial charge in [-0.1, -0.05) is 29.5 Å². The van der Waals surface area contributed by atoms with Crippen molar-refractivity contribution in [3.8, 4) is 0 Å². The molecule has 0 bridgehead atoms. The van der Waals surface area contributed by atoms with E-state index >= 15 is 0 Å². The second kappa shape index (κ2) is 7.24. The Bertz CT molecular complexity index is 1040. The second-order valence-corrected chi connectivity index (χ2v) is 7.29. The highest BCUT2D eigenvalue weighted by molar-refractivity contribution is 7.22. The van der Waals surface area contributed by atoms with Crippen LogP contribution < -0.4 is 4.90 Å². The Hall–Kier alpha value is -3.13. The average molecular weight is 378 g/mol. The van der Waals surface area contributed by atoms with Gasteiger partial charge in [-0.25, -0.2) is 14.6 Å². The number of anilines is 1. The molecule has 3 aromatic heterocycles. The molecule has 7 nitrogen and oxygen atoms in total. The van der Waals surface area contributed by atoms with Crippen molar-refractivity contribution in [2.24, 2.45) is 0 Å². The maximum atomic E-state index is 13.0. The van der Waals surface area contributed by atoms with Crippen molar-refractivity contribution in [3.05, 3.63) is 66.0 Å². The van der Waals surface area contributed by atoms with Crippen molar-refractivity contribution >= 4 is 32.6 Å². The first-order valence-corrected chi connectivity index (χ1v) is 9.32. The lowest BCUT2D eigenvalue weighted by atomic mass is 10.1. The maximum Gasteiger partial charge on any atom is 0.250 e. The first-order valence-electron chi connectivity index (χ1n) is 8.50. The van der Waals surface area contributed by atoms with Crippen molar-refractivity contribution in [1.82, 2.24) is 24.7 Å². The molecule has 0 aliphatic heterocycles. The van der Waals surface area contributed by atoms with Gasteiger partial charge in [-0.05, 0) is 36.6 Å². The first-order chi connectivity index (χ1) is 13.1. The van der Waals surface area contributed by atoms with Crippen LogP contribution in [0.4, 0.5) is 5.13 Å². The van der Waals surface area contributed by atoms with E-state index in [4.69, 9.17) is 4.98 Å². The van der Waals surface area contributed by atoms with E-state index in [-0.39, 0.29) is 12.5 Å². The summed E-state index contributed by atoms with van der Waals surface area (Å²) >= 11 is 1.53. The second-order valence-electron chi connectivity index (χ2n) is 6.31. The van der Waals surface area contributed by atoms with Crippen LogP contribution in [0.2, 0.25) is 0 Å². The minimum Gasteiger partial charge on any atom is -0.282 e. The molecular weight excluding hydrogens is 360 g/mol. The van der Waals surface area contributed by atoms with Crippen LogP contribution in [0.3, 0.4) is 0 Å². The Morgan fingerprint density at radius 3 is 2.74 bits per heavy atom. The molecule has 136 valence electrons. The van der Waals surface area contributed by atoms with Gasteiger partial charge in [0.25, 0.3) is 5.91 Å². The first kappa shape index (κ1) is 17.3. The number of rotatable bonds is 5. The summed E-state index contributed by atoms with van der Waals surface area (Å²) in [4.78, 5) is 27.6. The van der Waals surface area contributed by atoms with Gasteiger partial charge in [0.2, 0.25) is 0 Å². The summed E-state index contributed by atoms with van der Waals surface area (Å²) < 4.78 is 2.62. The predicted octanol–water partition coefficient (Wildman–Crippen LogP) is 3.13. The number of hydrogen-bond acceptors (Lipinski definition) is 6. The Balaban J connectivity index is 1.74. The molecular formula is C19H18N6OS. The highest BCUT2D eigenvalue weighted by Gasteiger charge is 2.22. The van der Waals surface area contributed by atoms with Crippen LogP contribution in [-0.4, -0.2) is 30.6 Å². The zero-order chi connectivity index (χ0) is 18.8. The van der Waals surface area contributed by atoms with Gasteiger partial charge in [-0.3, -0.25) is 14.7 Å². The number of carbonyl (C=O) groups excluding carboxylic acids is 1. The van der Waals surface area contributed by atoms with Crippen molar-refractivity contribution in [2.75, 3.05) is 4.90 Å². The molecule has 0 aliphatic rings. The van der Waals surface area contributed by atoms with Crippen LogP contribution in [0.25, 0.3) is 10.2 Å². The van der Waals surface area contributed by atoms with Gasteiger partial charge in [0, 0.05) is 12.4 Å². The summed E-state index contributed by atoms with van der Waals surface area (Å²) in [6.45, 7) is 4.60. The molecule has 0 N–H and O–H groups in total. The molecule has 0 aliphatic carbocycles.